The Morgan fingerprint density at radius 2 is 2.10 bits per heavy atom. The maximum atomic E-state index is 12.9. The average molecular weight is 301 g/mol. The van der Waals surface area contributed by atoms with E-state index in [1.807, 2.05) is 34.9 Å². The zero-order valence-electron chi connectivity index (χ0n) is 11.7. The van der Waals surface area contributed by atoms with Gasteiger partial charge in [0.15, 0.2) is 0 Å². The first-order valence-corrected chi connectivity index (χ1v) is 7.80. The lowest BCUT2D eigenvalue weighted by Crippen LogP contribution is -2.45. The van der Waals surface area contributed by atoms with Crippen LogP contribution in [-0.4, -0.2) is 17.7 Å². The number of rotatable bonds is 1. The van der Waals surface area contributed by atoms with Gasteiger partial charge in [-0.25, -0.2) is 0 Å². The van der Waals surface area contributed by atoms with Gasteiger partial charge in [-0.1, -0.05) is 23.7 Å². The van der Waals surface area contributed by atoms with Crippen molar-refractivity contribution in [3.8, 4) is 11.1 Å². The Morgan fingerprint density at radius 1 is 1.19 bits per heavy atom. The molecule has 4 rings (SSSR count). The number of benzene rings is 1. The van der Waals surface area contributed by atoms with Crippen LogP contribution in [0.4, 0.5) is 0 Å². The first-order valence-electron chi connectivity index (χ1n) is 7.43. The lowest BCUT2D eigenvalue weighted by molar-refractivity contribution is 0.257. The quantitative estimate of drug-likeness (QED) is 0.879. The van der Waals surface area contributed by atoms with Crippen molar-refractivity contribution in [2.75, 3.05) is 13.1 Å². The number of nitrogens with zero attached hydrogens (tertiary/aromatic N) is 1. The summed E-state index contributed by atoms with van der Waals surface area (Å²) < 4.78 is 1.98. The Kier molecular flexibility index (Phi) is 3.12. The van der Waals surface area contributed by atoms with Crippen LogP contribution in [0.1, 0.15) is 18.0 Å². The molecule has 1 saturated heterocycles. The highest BCUT2D eigenvalue weighted by Crippen LogP contribution is 2.32. The molecule has 1 aromatic carbocycles. The molecule has 2 unspecified atom stereocenters. The van der Waals surface area contributed by atoms with E-state index < -0.39 is 0 Å². The molecule has 0 radical (unpaired) electrons. The smallest absolute Gasteiger partial charge is 0.258 e. The second-order valence-electron chi connectivity index (χ2n) is 6.05. The Morgan fingerprint density at radius 3 is 2.95 bits per heavy atom. The summed E-state index contributed by atoms with van der Waals surface area (Å²) in [5, 5.41) is 4.13. The van der Waals surface area contributed by atoms with E-state index in [1.54, 1.807) is 0 Å². The molecule has 0 saturated carbocycles. The molecule has 4 heteroatoms. The average Bonchev–Trinajstić information content (AvgIpc) is 2.49. The van der Waals surface area contributed by atoms with Crippen molar-refractivity contribution in [1.29, 1.82) is 0 Å². The molecular weight excluding hydrogens is 284 g/mol. The summed E-state index contributed by atoms with van der Waals surface area (Å²) in [5.41, 5.74) is 2.94. The number of nitrogens with one attached hydrogen (secondary N) is 1. The SMILES string of the molecule is O=c1c(-c2cccc(Cl)c2)ccc2n1CC1CNCC2C1. The summed E-state index contributed by atoms with van der Waals surface area (Å²) in [5.74, 6) is 1.04. The van der Waals surface area contributed by atoms with Gasteiger partial charge in [0, 0.05) is 35.3 Å². The number of piperidine rings is 1. The fourth-order valence-corrected chi connectivity index (χ4v) is 3.86. The number of fused-ring (bicyclic) bond motifs is 4. The van der Waals surface area contributed by atoms with Gasteiger partial charge >= 0.3 is 0 Å². The Labute approximate surface area is 128 Å². The topological polar surface area (TPSA) is 34.0 Å². The van der Waals surface area contributed by atoms with E-state index in [4.69, 9.17) is 11.6 Å². The van der Waals surface area contributed by atoms with Gasteiger partial charge in [0.2, 0.25) is 0 Å². The first-order chi connectivity index (χ1) is 10.2. The minimum absolute atomic E-state index is 0.117. The monoisotopic (exact) mass is 300 g/mol. The van der Waals surface area contributed by atoms with Crippen molar-refractivity contribution in [2.24, 2.45) is 5.92 Å². The molecule has 3 nitrogen and oxygen atoms in total. The van der Waals surface area contributed by atoms with Gasteiger partial charge in [-0.3, -0.25) is 4.79 Å². The third-order valence-electron chi connectivity index (χ3n) is 4.64. The maximum Gasteiger partial charge on any atom is 0.258 e. The Bertz CT molecular complexity index is 753. The third kappa shape index (κ3) is 2.21. The van der Waals surface area contributed by atoms with Gasteiger partial charge in [0.25, 0.3) is 5.56 Å². The molecule has 108 valence electrons. The highest BCUT2D eigenvalue weighted by molar-refractivity contribution is 6.30. The van der Waals surface area contributed by atoms with Crippen LogP contribution in [0.5, 0.6) is 0 Å². The van der Waals surface area contributed by atoms with Gasteiger partial charge in [0.1, 0.15) is 0 Å². The minimum Gasteiger partial charge on any atom is -0.316 e. The molecule has 0 amide bonds. The fourth-order valence-electron chi connectivity index (χ4n) is 3.67. The highest BCUT2D eigenvalue weighted by Gasteiger charge is 2.31. The number of aromatic nitrogens is 1. The van der Waals surface area contributed by atoms with Crippen LogP contribution in [-0.2, 0) is 6.54 Å². The van der Waals surface area contributed by atoms with Crippen LogP contribution < -0.4 is 10.9 Å². The lowest BCUT2D eigenvalue weighted by Gasteiger charge is -2.37. The summed E-state index contributed by atoms with van der Waals surface area (Å²) in [6.45, 7) is 2.82. The van der Waals surface area contributed by atoms with Crippen LogP contribution in [0.15, 0.2) is 41.2 Å². The number of hydrogen-bond donors (Lipinski definition) is 1. The zero-order valence-corrected chi connectivity index (χ0v) is 12.4. The lowest BCUT2D eigenvalue weighted by atomic mass is 9.84. The molecule has 0 aliphatic carbocycles. The van der Waals surface area contributed by atoms with Crippen molar-refractivity contribution < 1.29 is 0 Å². The van der Waals surface area contributed by atoms with Crippen molar-refractivity contribution in [1.82, 2.24) is 9.88 Å². The maximum absolute atomic E-state index is 12.9. The van der Waals surface area contributed by atoms with Gasteiger partial charge in [0.05, 0.1) is 0 Å². The zero-order chi connectivity index (χ0) is 14.4. The predicted molar refractivity (Wildman–Crippen MR) is 84.9 cm³/mol. The van der Waals surface area contributed by atoms with Crippen LogP contribution >= 0.6 is 11.6 Å². The number of halogens is 1. The summed E-state index contributed by atoms with van der Waals surface area (Å²) in [7, 11) is 0. The van der Waals surface area contributed by atoms with E-state index in [2.05, 4.69) is 11.4 Å². The molecule has 2 atom stereocenters. The largest absolute Gasteiger partial charge is 0.316 e. The molecule has 2 aromatic rings. The standard InChI is InChI=1S/C17H17ClN2O/c18-14-3-1-2-12(7-14)15-4-5-16-13-6-11(8-19-9-13)10-20(16)17(15)21/h1-5,7,11,13,19H,6,8-10H2. The van der Waals surface area contributed by atoms with E-state index >= 15 is 0 Å². The van der Waals surface area contributed by atoms with Crippen LogP contribution in [0.3, 0.4) is 0 Å². The molecule has 1 aromatic heterocycles. The Hall–Kier alpha value is -1.58. The number of hydrogen-bond acceptors (Lipinski definition) is 2. The summed E-state index contributed by atoms with van der Waals surface area (Å²) >= 11 is 6.05. The van der Waals surface area contributed by atoms with E-state index in [-0.39, 0.29) is 5.56 Å². The van der Waals surface area contributed by atoms with Gasteiger partial charge in [-0.2, -0.15) is 0 Å². The summed E-state index contributed by atoms with van der Waals surface area (Å²) in [6, 6.07) is 11.6. The van der Waals surface area contributed by atoms with Crippen molar-refractivity contribution in [2.45, 2.75) is 18.9 Å². The fraction of sp³-hybridized carbons (Fsp3) is 0.353. The van der Waals surface area contributed by atoms with Crippen LogP contribution in [0.25, 0.3) is 11.1 Å². The molecule has 3 heterocycles. The van der Waals surface area contributed by atoms with Crippen molar-refractivity contribution in [3.63, 3.8) is 0 Å². The van der Waals surface area contributed by atoms with Gasteiger partial charge in [-0.05, 0) is 48.7 Å². The minimum atomic E-state index is 0.117. The molecule has 2 aliphatic heterocycles. The van der Waals surface area contributed by atoms with E-state index in [0.29, 0.717) is 16.9 Å². The molecule has 21 heavy (non-hydrogen) atoms. The predicted octanol–water partition coefficient (Wildman–Crippen LogP) is 2.88. The normalized spacial score (nSPS) is 23.7. The highest BCUT2D eigenvalue weighted by atomic mass is 35.5. The molecule has 0 spiro atoms. The Balaban J connectivity index is 1.86. The second-order valence-corrected chi connectivity index (χ2v) is 6.49. The van der Waals surface area contributed by atoms with Crippen molar-refractivity contribution >= 4 is 11.6 Å². The molecule has 2 aliphatic rings. The summed E-state index contributed by atoms with van der Waals surface area (Å²) in [6.07, 6.45) is 1.20. The van der Waals surface area contributed by atoms with E-state index in [1.165, 1.54) is 12.1 Å². The van der Waals surface area contributed by atoms with Crippen LogP contribution in [0, 0.1) is 5.92 Å². The molecule has 2 bridgehead atoms. The second kappa shape index (κ2) is 5.00. The van der Waals surface area contributed by atoms with Gasteiger partial charge in [-0.15, -0.1) is 0 Å². The molecule has 1 fully saturated rings. The summed E-state index contributed by atoms with van der Waals surface area (Å²) in [4.78, 5) is 12.9. The van der Waals surface area contributed by atoms with Crippen molar-refractivity contribution in [3.05, 3.63) is 57.5 Å². The van der Waals surface area contributed by atoms with E-state index in [0.717, 1.165) is 30.8 Å². The molecular formula is C17H17ClN2O. The number of pyridine rings is 1. The van der Waals surface area contributed by atoms with E-state index in [9.17, 15) is 4.79 Å². The third-order valence-corrected chi connectivity index (χ3v) is 4.88. The van der Waals surface area contributed by atoms with Crippen LogP contribution in [0.2, 0.25) is 5.02 Å². The molecule has 1 N–H and O–H groups in total. The first kappa shape index (κ1) is 13.1. The van der Waals surface area contributed by atoms with Gasteiger partial charge < -0.3 is 9.88 Å².